The van der Waals surface area contributed by atoms with Gasteiger partial charge in [-0.05, 0) is 27.4 Å². The van der Waals surface area contributed by atoms with Gasteiger partial charge < -0.3 is 4.52 Å². The summed E-state index contributed by atoms with van der Waals surface area (Å²) in [5.74, 6) is 0. The van der Waals surface area contributed by atoms with E-state index in [1.54, 1.807) is 7.11 Å². The molecule has 0 radical (unpaired) electrons. The van der Waals surface area contributed by atoms with Crippen molar-refractivity contribution < 1.29 is 4.52 Å². The summed E-state index contributed by atoms with van der Waals surface area (Å²) >= 11 is 0. The Kier molecular flexibility index (Phi) is 3.26. The SMILES string of the molecule is COP1N(C)CCC(C)N1C. The van der Waals surface area contributed by atoms with Gasteiger partial charge in [-0.15, -0.1) is 0 Å². The summed E-state index contributed by atoms with van der Waals surface area (Å²) in [5, 5.41) is 0. The largest absolute Gasteiger partial charge is 0.335 e. The number of hydrogen-bond acceptors (Lipinski definition) is 3. The maximum atomic E-state index is 5.40. The predicted molar refractivity (Wildman–Crippen MR) is 48.4 cm³/mol. The van der Waals surface area contributed by atoms with Crippen LogP contribution in [0.25, 0.3) is 0 Å². The molecule has 0 aromatic rings. The Bertz CT molecular complexity index is 134. The summed E-state index contributed by atoms with van der Waals surface area (Å²) in [6.45, 7) is 3.41. The molecule has 2 atom stereocenters. The van der Waals surface area contributed by atoms with Crippen molar-refractivity contribution in [1.29, 1.82) is 0 Å². The van der Waals surface area contributed by atoms with Gasteiger partial charge in [-0.3, -0.25) is 4.67 Å². The van der Waals surface area contributed by atoms with E-state index in [2.05, 4.69) is 30.4 Å². The van der Waals surface area contributed by atoms with Gasteiger partial charge in [0.1, 0.15) is 0 Å². The first-order valence-corrected chi connectivity index (χ1v) is 5.11. The lowest BCUT2D eigenvalue weighted by Crippen LogP contribution is -2.38. The molecule has 0 amide bonds. The molecule has 11 heavy (non-hydrogen) atoms. The first-order chi connectivity index (χ1) is 5.16. The smallest absolute Gasteiger partial charge is 0.187 e. The molecule has 0 aromatic carbocycles. The monoisotopic (exact) mass is 176 g/mol. The van der Waals surface area contributed by atoms with E-state index in [4.69, 9.17) is 4.52 Å². The third-order valence-electron chi connectivity index (χ3n) is 2.23. The summed E-state index contributed by atoms with van der Waals surface area (Å²) in [5.41, 5.74) is 0. The van der Waals surface area contributed by atoms with Crippen LogP contribution < -0.4 is 0 Å². The first-order valence-electron chi connectivity index (χ1n) is 3.95. The normalized spacial score (nSPS) is 36.0. The van der Waals surface area contributed by atoms with Crippen LogP contribution in [0.4, 0.5) is 0 Å². The van der Waals surface area contributed by atoms with Gasteiger partial charge in [-0.2, -0.15) is 0 Å². The molecule has 2 unspecified atom stereocenters. The molecule has 0 bridgehead atoms. The molecule has 0 saturated carbocycles. The standard InChI is InChI=1S/C7H17N2OP/c1-7-5-6-8(2)11(10-4)9(7)3/h7H,5-6H2,1-4H3. The quantitative estimate of drug-likeness (QED) is 0.563. The van der Waals surface area contributed by atoms with Gasteiger partial charge in [-0.1, -0.05) is 0 Å². The molecule has 1 aliphatic heterocycles. The minimum absolute atomic E-state index is 0.465. The second-order valence-electron chi connectivity index (χ2n) is 3.03. The van der Waals surface area contributed by atoms with E-state index >= 15 is 0 Å². The number of rotatable bonds is 1. The molecule has 3 nitrogen and oxygen atoms in total. The van der Waals surface area contributed by atoms with Crippen molar-refractivity contribution in [1.82, 2.24) is 9.34 Å². The highest BCUT2D eigenvalue weighted by molar-refractivity contribution is 7.47. The maximum absolute atomic E-state index is 5.40. The molecular weight excluding hydrogens is 159 g/mol. The highest BCUT2D eigenvalue weighted by Crippen LogP contribution is 2.47. The molecule has 1 aliphatic rings. The van der Waals surface area contributed by atoms with Crippen molar-refractivity contribution in [3.05, 3.63) is 0 Å². The van der Waals surface area contributed by atoms with Crippen LogP contribution in [0, 0.1) is 0 Å². The highest BCUT2D eigenvalue weighted by Gasteiger charge is 2.29. The predicted octanol–water partition coefficient (Wildman–Crippen LogP) is 1.52. The summed E-state index contributed by atoms with van der Waals surface area (Å²) in [4.78, 5) is 0. The fraction of sp³-hybridized carbons (Fsp3) is 1.00. The molecule has 1 fully saturated rings. The van der Waals surface area contributed by atoms with Crippen molar-refractivity contribution in [2.24, 2.45) is 0 Å². The maximum Gasteiger partial charge on any atom is 0.187 e. The Morgan fingerprint density at radius 1 is 1.45 bits per heavy atom. The molecule has 1 saturated heterocycles. The Labute approximate surface area is 70.3 Å². The molecule has 0 N–H and O–H groups in total. The van der Waals surface area contributed by atoms with Gasteiger partial charge in [0, 0.05) is 19.7 Å². The van der Waals surface area contributed by atoms with Crippen LogP contribution in [0.3, 0.4) is 0 Å². The Morgan fingerprint density at radius 3 is 2.55 bits per heavy atom. The first kappa shape index (κ1) is 9.40. The van der Waals surface area contributed by atoms with Crippen LogP contribution in [0.15, 0.2) is 0 Å². The molecule has 4 heteroatoms. The topological polar surface area (TPSA) is 15.7 Å². The molecular formula is C7H17N2OP. The number of nitrogens with zero attached hydrogens (tertiary/aromatic N) is 2. The zero-order valence-corrected chi connectivity index (χ0v) is 8.64. The zero-order valence-electron chi connectivity index (χ0n) is 7.74. The number of hydrogen-bond donors (Lipinski definition) is 0. The lowest BCUT2D eigenvalue weighted by Gasteiger charge is -2.41. The van der Waals surface area contributed by atoms with Crippen LogP contribution in [0.5, 0.6) is 0 Å². The van der Waals surface area contributed by atoms with Gasteiger partial charge >= 0.3 is 0 Å². The summed E-state index contributed by atoms with van der Waals surface area (Å²) in [7, 11) is 5.58. The van der Waals surface area contributed by atoms with Crippen LogP contribution in [0.1, 0.15) is 13.3 Å². The van der Waals surface area contributed by atoms with Crippen molar-refractivity contribution in [2.75, 3.05) is 27.7 Å². The minimum atomic E-state index is -0.465. The molecule has 66 valence electrons. The fourth-order valence-electron chi connectivity index (χ4n) is 1.32. The third-order valence-corrected chi connectivity index (χ3v) is 4.28. The van der Waals surface area contributed by atoms with Gasteiger partial charge in [-0.25, -0.2) is 4.67 Å². The van der Waals surface area contributed by atoms with Crippen LogP contribution >= 0.6 is 8.45 Å². The summed E-state index contributed by atoms with van der Waals surface area (Å²) < 4.78 is 10.0. The van der Waals surface area contributed by atoms with Gasteiger partial charge in [0.25, 0.3) is 0 Å². The second kappa shape index (κ2) is 3.81. The van der Waals surface area contributed by atoms with Crippen LogP contribution in [-0.2, 0) is 4.52 Å². The lowest BCUT2D eigenvalue weighted by molar-refractivity contribution is 0.247. The summed E-state index contributed by atoms with van der Waals surface area (Å²) in [6.07, 6.45) is 1.25. The van der Waals surface area contributed by atoms with E-state index in [9.17, 15) is 0 Å². The van der Waals surface area contributed by atoms with E-state index in [-0.39, 0.29) is 0 Å². The van der Waals surface area contributed by atoms with Crippen molar-refractivity contribution in [2.45, 2.75) is 19.4 Å². The minimum Gasteiger partial charge on any atom is -0.335 e. The Balaban J connectivity index is 2.55. The average molecular weight is 176 g/mol. The highest BCUT2D eigenvalue weighted by atomic mass is 31.2. The van der Waals surface area contributed by atoms with Crippen LogP contribution in [0.2, 0.25) is 0 Å². The van der Waals surface area contributed by atoms with Crippen LogP contribution in [-0.4, -0.2) is 43.1 Å². The van der Waals surface area contributed by atoms with E-state index < -0.39 is 8.45 Å². The summed E-state index contributed by atoms with van der Waals surface area (Å²) in [6, 6.07) is 0.664. The van der Waals surface area contributed by atoms with Crippen molar-refractivity contribution in [3.8, 4) is 0 Å². The van der Waals surface area contributed by atoms with Gasteiger partial charge in [0.2, 0.25) is 0 Å². The molecule has 0 spiro atoms. The van der Waals surface area contributed by atoms with E-state index in [0.29, 0.717) is 6.04 Å². The third kappa shape index (κ3) is 1.91. The second-order valence-corrected chi connectivity index (χ2v) is 5.21. The molecule has 1 heterocycles. The van der Waals surface area contributed by atoms with E-state index in [1.807, 2.05) is 0 Å². The average Bonchev–Trinajstić information content (AvgIpc) is 1.99. The fourth-order valence-corrected chi connectivity index (χ4v) is 3.08. The molecule has 0 aromatic heterocycles. The van der Waals surface area contributed by atoms with Gasteiger partial charge in [0.05, 0.1) is 0 Å². The zero-order chi connectivity index (χ0) is 8.43. The van der Waals surface area contributed by atoms with E-state index in [1.165, 1.54) is 6.42 Å². The Morgan fingerprint density at radius 2 is 2.09 bits per heavy atom. The van der Waals surface area contributed by atoms with Crippen molar-refractivity contribution >= 4 is 8.45 Å². The van der Waals surface area contributed by atoms with Gasteiger partial charge in [0.15, 0.2) is 8.45 Å². The van der Waals surface area contributed by atoms with E-state index in [0.717, 1.165) is 6.54 Å². The van der Waals surface area contributed by atoms with Crippen molar-refractivity contribution in [3.63, 3.8) is 0 Å². The lowest BCUT2D eigenvalue weighted by atomic mass is 10.2. The Hall–Kier alpha value is 0.310. The molecule has 0 aliphatic carbocycles. The molecule has 1 rings (SSSR count).